The molecule has 0 aliphatic carbocycles. The van der Waals surface area contributed by atoms with Gasteiger partial charge in [0, 0.05) is 25.9 Å². The van der Waals surface area contributed by atoms with Crippen molar-refractivity contribution in [1.29, 1.82) is 0 Å². The number of nitrogens with zero attached hydrogens (tertiary/aromatic N) is 2. The van der Waals surface area contributed by atoms with Gasteiger partial charge >= 0.3 is 12.4 Å². The van der Waals surface area contributed by atoms with Crippen molar-refractivity contribution in [3.05, 3.63) is 71.6 Å². The number of hydrogen-bond donors (Lipinski definition) is 3. The third-order valence-corrected chi connectivity index (χ3v) is 5.33. The molecule has 2 aromatic carbocycles. The number of amides is 3. The summed E-state index contributed by atoms with van der Waals surface area (Å²) in [6, 6.07) is 11.9. The van der Waals surface area contributed by atoms with Crippen molar-refractivity contribution >= 4 is 11.9 Å². The number of aliphatic hydroxyl groups excluding tert-OH is 1. The number of rotatable bonds is 11. The Morgan fingerprint density at radius 3 is 2.50 bits per heavy atom. The molecule has 3 rings (SSSR count). The van der Waals surface area contributed by atoms with Crippen molar-refractivity contribution in [2.75, 3.05) is 33.4 Å². The summed E-state index contributed by atoms with van der Waals surface area (Å²) in [5.74, 6) is -1.06. The van der Waals surface area contributed by atoms with Crippen LogP contribution in [0.1, 0.15) is 11.1 Å². The average Bonchev–Trinajstić information content (AvgIpc) is 3.25. The zero-order valence-corrected chi connectivity index (χ0v) is 20.8. The third kappa shape index (κ3) is 8.02. The molecule has 0 spiro atoms. The standard InChI is InChI=1S/C25H29F3N4O6/c1-17-6-8-18(9-7-17)16-32-21(22(34)31(23(35)29-2)10-12-36-13-11-33)15-30-24(32)37-19-4-3-5-20(14-19)38-25(26,27)28/h3-9,14-15,24,30,33H,10-13,16H2,1-2H3,(H,29,35). The summed E-state index contributed by atoms with van der Waals surface area (Å²) in [6.07, 6.45) is -4.48. The van der Waals surface area contributed by atoms with E-state index in [1.54, 1.807) is 4.90 Å². The molecule has 0 aromatic heterocycles. The zero-order valence-electron chi connectivity index (χ0n) is 20.8. The molecule has 13 heteroatoms. The van der Waals surface area contributed by atoms with Crippen LogP contribution in [0.3, 0.4) is 0 Å². The minimum absolute atomic E-state index is 0.00428. The van der Waals surface area contributed by atoms with E-state index in [1.165, 1.54) is 25.4 Å². The Hall–Kier alpha value is -3.97. The number of halogens is 3. The maximum absolute atomic E-state index is 13.5. The molecular weight excluding hydrogens is 509 g/mol. The van der Waals surface area contributed by atoms with Gasteiger partial charge in [0.05, 0.1) is 26.4 Å². The Labute approximate surface area is 217 Å². The SMILES string of the molecule is CNC(=O)N(CCOCCO)C(=O)C1=CNC(Oc2cccc(OC(F)(F)F)c2)N1Cc1ccc(C)cc1. The molecule has 3 amide bonds. The Morgan fingerprint density at radius 1 is 1.13 bits per heavy atom. The van der Waals surface area contributed by atoms with Gasteiger partial charge in [0.1, 0.15) is 17.2 Å². The second-order valence-electron chi connectivity index (χ2n) is 8.15. The molecule has 38 heavy (non-hydrogen) atoms. The van der Waals surface area contributed by atoms with Crippen LogP contribution in [0.25, 0.3) is 0 Å². The molecule has 206 valence electrons. The quantitative estimate of drug-likeness (QED) is 0.375. The Balaban J connectivity index is 1.84. The van der Waals surface area contributed by atoms with E-state index in [2.05, 4.69) is 15.4 Å². The number of ether oxygens (including phenoxy) is 3. The monoisotopic (exact) mass is 538 g/mol. The van der Waals surface area contributed by atoms with Crippen LogP contribution in [0.5, 0.6) is 11.5 Å². The van der Waals surface area contributed by atoms with Gasteiger partial charge in [-0.3, -0.25) is 9.69 Å². The smallest absolute Gasteiger partial charge is 0.452 e. The Bertz CT molecular complexity index is 1130. The van der Waals surface area contributed by atoms with Crippen LogP contribution in [0.4, 0.5) is 18.0 Å². The lowest BCUT2D eigenvalue weighted by Gasteiger charge is -2.31. The van der Waals surface area contributed by atoms with E-state index in [9.17, 15) is 22.8 Å². The molecule has 10 nitrogen and oxygen atoms in total. The number of imide groups is 1. The van der Waals surface area contributed by atoms with Gasteiger partial charge in [-0.25, -0.2) is 4.79 Å². The van der Waals surface area contributed by atoms with E-state index < -0.39 is 30.4 Å². The molecule has 0 fully saturated rings. The van der Waals surface area contributed by atoms with Crippen LogP contribution in [0.2, 0.25) is 0 Å². The van der Waals surface area contributed by atoms with E-state index in [-0.39, 0.29) is 44.4 Å². The highest BCUT2D eigenvalue weighted by Gasteiger charge is 2.36. The van der Waals surface area contributed by atoms with Crippen molar-refractivity contribution in [2.24, 2.45) is 0 Å². The van der Waals surface area contributed by atoms with Gasteiger partial charge in [-0.2, -0.15) is 0 Å². The fourth-order valence-corrected chi connectivity index (χ4v) is 3.55. The van der Waals surface area contributed by atoms with Crippen LogP contribution in [0, 0.1) is 6.92 Å². The van der Waals surface area contributed by atoms with Gasteiger partial charge < -0.3 is 34.9 Å². The second kappa shape index (κ2) is 13.0. The molecule has 1 heterocycles. The summed E-state index contributed by atoms with van der Waals surface area (Å²) < 4.78 is 53.1. The van der Waals surface area contributed by atoms with Gasteiger partial charge in [0.2, 0.25) is 0 Å². The van der Waals surface area contributed by atoms with Gasteiger partial charge in [0.25, 0.3) is 12.3 Å². The lowest BCUT2D eigenvalue weighted by Crippen LogP contribution is -2.49. The first-order valence-corrected chi connectivity index (χ1v) is 11.6. The molecule has 1 unspecified atom stereocenters. The number of aliphatic hydroxyl groups is 1. The number of urea groups is 1. The van der Waals surface area contributed by atoms with Crippen LogP contribution in [0.15, 0.2) is 60.4 Å². The molecular formula is C25H29F3N4O6. The van der Waals surface area contributed by atoms with Crippen LogP contribution >= 0.6 is 0 Å². The molecule has 0 radical (unpaired) electrons. The zero-order chi connectivity index (χ0) is 27.7. The van der Waals surface area contributed by atoms with Gasteiger partial charge in [-0.05, 0) is 24.6 Å². The summed E-state index contributed by atoms with van der Waals surface area (Å²) in [5.41, 5.74) is 1.94. The highest BCUT2D eigenvalue weighted by Crippen LogP contribution is 2.28. The lowest BCUT2D eigenvalue weighted by molar-refractivity contribution is -0.274. The molecule has 1 aliphatic rings. The predicted octanol–water partition coefficient (Wildman–Crippen LogP) is 2.68. The van der Waals surface area contributed by atoms with E-state index in [4.69, 9.17) is 14.6 Å². The largest absolute Gasteiger partial charge is 0.573 e. The predicted molar refractivity (Wildman–Crippen MR) is 130 cm³/mol. The molecule has 0 bridgehead atoms. The number of aryl methyl sites for hydroxylation is 1. The van der Waals surface area contributed by atoms with E-state index in [0.717, 1.165) is 28.2 Å². The van der Waals surface area contributed by atoms with Crippen LogP contribution < -0.4 is 20.1 Å². The van der Waals surface area contributed by atoms with Gasteiger partial charge in [-0.1, -0.05) is 35.9 Å². The number of nitrogens with one attached hydrogen (secondary N) is 2. The fourth-order valence-electron chi connectivity index (χ4n) is 3.55. The van der Waals surface area contributed by atoms with E-state index in [0.29, 0.717) is 0 Å². The summed E-state index contributed by atoms with van der Waals surface area (Å²) in [5, 5.41) is 14.2. The van der Waals surface area contributed by atoms with Gasteiger partial charge in [-0.15, -0.1) is 13.2 Å². The third-order valence-electron chi connectivity index (χ3n) is 5.33. The molecule has 0 saturated heterocycles. The highest BCUT2D eigenvalue weighted by molar-refractivity contribution is 6.03. The van der Waals surface area contributed by atoms with Crippen molar-refractivity contribution < 1.29 is 42.1 Å². The number of carbonyl (C=O) groups is 2. The first-order chi connectivity index (χ1) is 18.1. The minimum atomic E-state index is -4.87. The first-order valence-electron chi connectivity index (χ1n) is 11.6. The van der Waals surface area contributed by atoms with Crippen molar-refractivity contribution in [3.8, 4) is 11.5 Å². The Morgan fingerprint density at radius 2 is 1.84 bits per heavy atom. The fraction of sp³-hybridized carbons (Fsp3) is 0.360. The Kier molecular flexibility index (Phi) is 9.79. The molecule has 0 saturated carbocycles. The first kappa shape index (κ1) is 28.6. The summed E-state index contributed by atoms with van der Waals surface area (Å²) in [6.45, 7) is 1.87. The maximum Gasteiger partial charge on any atom is 0.573 e. The number of carbonyl (C=O) groups excluding carboxylic acids is 2. The van der Waals surface area contributed by atoms with Crippen molar-refractivity contribution in [3.63, 3.8) is 0 Å². The molecule has 3 N–H and O–H groups in total. The minimum Gasteiger partial charge on any atom is -0.452 e. The molecule has 2 aromatic rings. The highest BCUT2D eigenvalue weighted by atomic mass is 19.4. The van der Waals surface area contributed by atoms with Crippen molar-refractivity contribution in [1.82, 2.24) is 20.4 Å². The van der Waals surface area contributed by atoms with Crippen LogP contribution in [-0.2, 0) is 16.1 Å². The number of hydrogen-bond acceptors (Lipinski definition) is 8. The molecule has 1 aliphatic heterocycles. The van der Waals surface area contributed by atoms with Crippen LogP contribution in [-0.4, -0.2) is 73.0 Å². The summed E-state index contributed by atoms with van der Waals surface area (Å²) in [7, 11) is 1.38. The maximum atomic E-state index is 13.5. The topological polar surface area (TPSA) is 113 Å². The average molecular weight is 539 g/mol. The summed E-state index contributed by atoms with van der Waals surface area (Å²) in [4.78, 5) is 28.5. The van der Waals surface area contributed by atoms with E-state index in [1.807, 2.05) is 31.2 Å². The molecule has 1 atom stereocenters. The second-order valence-corrected chi connectivity index (χ2v) is 8.15. The van der Waals surface area contributed by atoms with Crippen molar-refractivity contribution in [2.45, 2.75) is 26.2 Å². The number of benzene rings is 2. The summed E-state index contributed by atoms with van der Waals surface area (Å²) >= 11 is 0. The van der Waals surface area contributed by atoms with E-state index >= 15 is 0 Å². The van der Waals surface area contributed by atoms with Gasteiger partial charge in [0.15, 0.2) is 0 Å². The normalized spacial score (nSPS) is 14.9. The number of alkyl halides is 3. The lowest BCUT2D eigenvalue weighted by atomic mass is 10.1.